The number of hydrogen-bond donors (Lipinski definition) is 2. The smallest absolute Gasteiger partial charge is 0.269 e. The van der Waals surface area contributed by atoms with Crippen LogP contribution in [-0.4, -0.2) is 24.0 Å². The number of nitrogens with zero attached hydrogens (tertiary/aromatic N) is 1. The second kappa shape index (κ2) is 7.77. The molecule has 1 heterocycles. The zero-order valence-electron chi connectivity index (χ0n) is 12.4. The molecule has 0 aliphatic rings. The van der Waals surface area contributed by atoms with Crippen molar-refractivity contribution in [3.63, 3.8) is 0 Å². The minimum absolute atomic E-state index is 0.110. The molecule has 2 N–H and O–H groups in total. The van der Waals surface area contributed by atoms with Gasteiger partial charge in [-0.3, -0.25) is 9.78 Å². The number of aromatic nitrogens is 1. The number of nitrogens with one attached hydrogen (secondary N) is 2. The fraction of sp³-hybridized carbons (Fsp3) is 0.600. The first-order chi connectivity index (χ1) is 8.99. The number of carbonyl (C=O) groups excluding carboxylic acids is 1. The second-order valence-electron chi connectivity index (χ2n) is 5.64. The van der Waals surface area contributed by atoms with Crippen molar-refractivity contribution in [1.82, 2.24) is 10.3 Å². The first-order valence-electron chi connectivity index (χ1n) is 6.97. The maximum atomic E-state index is 11.9. The molecule has 0 aliphatic carbocycles. The number of anilines is 1. The number of rotatable bonds is 7. The van der Waals surface area contributed by atoms with Crippen LogP contribution in [0.5, 0.6) is 0 Å². The van der Waals surface area contributed by atoms with Crippen molar-refractivity contribution < 1.29 is 4.79 Å². The molecule has 0 saturated carbocycles. The highest BCUT2D eigenvalue weighted by Gasteiger charge is 2.08. The number of hydrogen-bond acceptors (Lipinski definition) is 3. The second-order valence-corrected chi connectivity index (χ2v) is 5.64. The summed E-state index contributed by atoms with van der Waals surface area (Å²) in [5.74, 6) is 1.00. The molecular formula is C15H25N3O. The SMILES string of the molecule is CC(C)CCNc1ccnc(C(=O)NCC(C)C)c1. The third-order valence-electron chi connectivity index (χ3n) is 2.71. The Hall–Kier alpha value is -1.58. The van der Waals surface area contributed by atoms with E-state index in [0.29, 0.717) is 24.1 Å². The van der Waals surface area contributed by atoms with Crippen LogP contribution in [-0.2, 0) is 0 Å². The molecule has 4 heteroatoms. The van der Waals surface area contributed by atoms with Crippen LogP contribution in [0, 0.1) is 11.8 Å². The normalized spacial score (nSPS) is 10.8. The molecule has 0 aliphatic heterocycles. The zero-order chi connectivity index (χ0) is 14.3. The van der Waals surface area contributed by atoms with Gasteiger partial charge in [-0.1, -0.05) is 27.7 Å². The van der Waals surface area contributed by atoms with Gasteiger partial charge in [-0.2, -0.15) is 0 Å². The van der Waals surface area contributed by atoms with Crippen LogP contribution < -0.4 is 10.6 Å². The van der Waals surface area contributed by atoms with E-state index in [1.165, 1.54) is 0 Å². The summed E-state index contributed by atoms with van der Waals surface area (Å²) in [6.07, 6.45) is 2.78. The van der Waals surface area contributed by atoms with E-state index >= 15 is 0 Å². The van der Waals surface area contributed by atoms with Gasteiger partial charge in [0.1, 0.15) is 5.69 Å². The van der Waals surface area contributed by atoms with Gasteiger partial charge in [0.25, 0.3) is 5.91 Å². The summed E-state index contributed by atoms with van der Waals surface area (Å²) >= 11 is 0. The Bertz CT molecular complexity index is 402. The summed E-state index contributed by atoms with van der Waals surface area (Å²) in [7, 11) is 0. The fourth-order valence-electron chi connectivity index (χ4n) is 1.56. The first kappa shape index (κ1) is 15.5. The number of pyridine rings is 1. The Morgan fingerprint density at radius 2 is 2.00 bits per heavy atom. The highest BCUT2D eigenvalue weighted by Crippen LogP contribution is 2.09. The van der Waals surface area contributed by atoms with Crippen LogP contribution >= 0.6 is 0 Å². The maximum Gasteiger partial charge on any atom is 0.269 e. The highest BCUT2D eigenvalue weighted by atomic mass is 16.1. The highest BCUT2D eigenvalue weighted by molar-refractivity contribution is 5.93. The topological polar surface area (TPSA) is 54.0 Å². The van der Waals surface area contributed by atoms with Crippen LogP contribution in [0.2, 0.25) is 0 Å². The van der Waals surface area contributed by atoms with Gasteiger partial charge >= 0.3 is 0 Å². The summed E-state index contributed by atoms with van der Waals surface area (Å²) in [6, 6.07) is 3.69. The minimum atomic E-state index is -0.110. The Morgan fingerprint density at radius 3 is 2.63 bits per heavy atom. The van der Waals surface area contributed by atoms with Crippen LogP contribution in [0.4, 0.5) is 5.69 Å². The lowest BCUT2D eigenvalue weighted by Crippen LogP contribution is -2.28. The molecule has 0 aromatic carbocycles. The molecule has 1 aromatic rings. The molecule has 1 amide bonds. The summed E-state index contributed by atoms with van der Waals surface area (Å²) in [6.45, 7) is 10.1. The van der Waals surface area contributed by atoms with Gasteiger partial charge in [0, 0.05) is 25.0 Å². The molecule has 106 valence electrons. The standard InChI is InChI=1S/C15H25N3O/c1-11(2)5-7-16-13-6-8-17-14(9-13)15(19)18-10-12(3)4/h6,8-9,11-12H,5,7,10H2,1-4H3,(H,16,17)(H,18,19). The van der Waals surface area contributed by atoms with Crippen LogP contribution in [0.15, 0.2) is 18.3 Å². The lowest BCUT2D eigenvalue weighted by molar-refractivity contribution is 0.0944. The maximum absolute atomic E-state index is 11.9. The van der Waals surface area contributed by atoms with Crippen molar-refractivity contribution in [2.75, 3.05) is 18.4 Å². The molecule has 0 saturated heterocycles. The molecule has 0 unspecified atom stereocenters. The van der Waals surface area contributed by atoms with Gasteiger partial charge in [-0.05, 0) is 30.4 Å². The summed E-state index contributed by atoms with van der Waals surface area (Å²) in [5, 5.41) is 6.19. The average Bonchev–Trinajstić information content (AvgIpc) is 2.36. The Labute approximate surface area is 116 Å². The van der Waals surface area contributed by atoms with Crippen molar-refractivity contribution in [3.05, 3.63) is 24.0 Å². The van der Waals surface area contributed by atoms with E-state index in [4.69, 9.17) is 0 Å². The summed E-state index contributed by atoms with van der Waals surface area (Å²) < 4.78 is 0. The average molecular weight is 263 g/mol. The van der Waals surface area contributed by atoms with Crippen LogP contribution in [0.1, 0.15) is 44.6 Å². The summed E-state index contributed by atoms with van der Waals surface area (Å²) in [4.78, 5) is 16.0. The van der Waals surface area contributed by atoms with Crippen molar-refractivity contribution >= 4 is 11.6 Å². The van der Waals surface area contributed by atoms with Gasteiger partial charge in [-0.15, -0.1) is 0 Å². The Morgan fingerprint density at radius 1 is 1.26 bits per heavy atom. The van der Waals surface area contributed by atoms with E-state index in [9.17, 15) is 4.79 Å². The van der Waals surface area contributed by atoms with Crippen molar-refractivity contribution in [2.45, 2.75) is 34.1 Å². The van der Waals surface area contributed by atoms with E-state index in [2.05, 4.69) is 43.3 Å². The molecule has 1 aromatic heterocycles. The van der Waals surface area contributed by atoms with Gasteiger partial charge in [0.15, 0.2) is 0 Å². The van der Waals surface area contributed by atoms with E-state index in [1.807, 2.05) is 6.07 Å². The van der Waals surface area contributed by atoms with E-state index < -0.39 is 0 Å². The van der Waals surface area contributed by atoms with E-state index in [-0.39, 0.29) is 5.91 Å². The van der Waals surface area contributed by atoms with Crippen LogP contribution in [0.3, 0.4) is 0 Å². The monoisotopic (exact) mass is 263 g/mol. The molecule has 4 nitrogen and oxygen atoms in total. The van der Waals surface area contributed by atoms with Gasteiger partial charge < -0.3 is 10.6 Å². The molecule has 0 radical (unpaired) electrons. The molecule has 1 rings (SSSR count). The molecular weight excluding hydrogens is 238 g/mol. The van der Waals surface area contributed by atoms with Gasteiger partial charge in [0.05, 0.1) is 0 Å². The number of amides is 1. The quantitative estimate of drug-likeness (QED) is 0.795. The fourth-order valence-corrected chi connectivity index (χ4v) is 1.56. The molecule has 0 spiro atoms. The van der Waals surface area contributed by atoms with Crippen molar-refractivity contribution in [1.29, 1.82) is 0 Å². The molecule has 19 heavy (non-hydrogen) atoms. The molecule has 0 bridgehead atoms. The van der Waals surface area contributed by atoms with Crippen molar-refractivity contribution in [2.24, 2.45) is 11.8 Å². The predicted molar refractivity (Wildman–Crippen MR) is 79.4 cm³/mol. The molecule has 0 atom stereocenters. The van der Waals surface area contributed by atoms with Gasteiger partial charge in [-0.25, -0.2) is 0 Å². The predicted octanol–water partition coefficient (Wildman–Crippen LogP) is 2.93. The van der Waals surface area contributed by atoms with E-state index in [1.54, 1.807) is 12.3 Å². The number of carbonyl (C=O) groups is 1. The third kappa shape index (κ3) is 6.22. The third-order valence-corrected chi connectivity index (χ3v) is 2.71. The lowest BCUT2D eigenvalue weighted by atomic mass is 10.1. The Balaban J connectivity index is 2.53. The molecule has 0 fully saturated rings. The van der Waals surface area contributed by atoms with Crippen LogP contribution in [0.25, 0.3) is 0 Å². The largest absolute Gasteiger partial charge is 0.385 e. The zero-order valence-corrected chi connectivity index (χ0v) is 12.4. The van der Waals surface area contributed by atoms with Crippen molar-refractivity contribution in [3.8, 4) is 0 Å². The van der Waals surface area contributed by atoms with Gasteiger partial charge in [0.2, 0.25) is 0 Å². The first-order valence-corrected chi connectivity index (χ1v) is 6.97. The van der Waals surface area contributed by atoms with E-state index in [0.717, 1.165) is 18.7 Å². The lowest BCUT2D eigenvalue weighted by Gasteiger charge is -2.10. The summed E-state index contributed by atoms with van der Waals surface area (Å²) in [5.41, 5.74) is 1.42. The Kier molecular flexibility index (Phi) is 6.33. The minimum Gasteiger partial charge on any atom is -0.385 e.